The second kappa shape index (κ2) is 5.29. The second-order valence-corrected chi connectivity index (χ2v) is 4.25. The fourth-order valence-corrected chi connectivity index (χ4v) is 2.19. The van der Waals surface area contributed by atoms with Crippen LogP contribution < -0.4 is 11.1 Å². The molecule has 0 heterocycles. The summed E-state index contributed by atoms with van der Waals surface area (Å²) in [4.78, 5) is 11.5. The standard InChI is InChI=1S/C10H19FN2O/c1-7-4-8(6-9(12)5-7)10(14)13-3-2-11/h7-9H,2-6,12H2,1H3,(H,13,14). The Morgan fingerprint density at radius 2 is 2.21 bits per heavy atom. The number of alkyl halides is 1. The van der Waals surface area contributed by atoms with Crippen LogP contribution in [0.15, 0.2) is 0 Å². The molecule has 1 aliphatic rings. The number of carbonyl (C=O) groups excluding carboxylic acids is 1. The summed E-state index contributed by atoms with van der Waals surface area (Å²) in [5.74, 6) is 0.449. The number of amides is 1. The van der Waals surface area contributed by atoms with Crippen molar-refractivity contribution >= 4 is 5.91 Å². The Bertz CT molecular complexity index is 189. The molecule has 1 saturated carbocycles. The van der Waals surface area contributed by atoms with Gasteiger partial charge in [0.2, 0.25) is 5.91 Å². The van der Waals surface area contributed by atoms with E-state index in [0.717, 1.165) is 19.3 Å². The summed E-state index contributed by atoms with van der Waals surface area (Å²) in [5, 5.41) is 2.57. The molecular weight excluding hydrogens is 183 g/mol. The van der Waals surface area contributed by atoms with Crippen LogP contribution in [0.5, 0.6) is 0 Å². The lowest BCUT2D eigenvalue weighted by atomic mass is 9.79. The van der Waals surface area contributed by atoms with Crippen molar-refractivity contribution in [1.29, 1.82) is 0 Å². The number of halogens is 1. The maximum absolute atomic E-state index is 11.8. The SMILES string of the molecule is CC1CC(N)CC(C(=O)NCCF)C1. The fraction of sp³-hybridized carbons (Fsp3) is 0.900. The van der Waals surface area contributed by atoms with Gasteiger partial charge in [0.25, 0.3) is 0 Å². The van der Waals surface area contributed by atoms with Gasteiger partial charge in [-0.3, -0.25) is 4.79 Å². The van der Waals surface area contributed by atoms with Gasteiger partial charge in [-0.1, -0.05) is 6.92 Å². The molecule has 3 N–H and O–H groups in total. The summed E-state index contributed by atoms with van der Waals surface area (Å²) >= 11 is 0. The highest BCUT2D eigenvalue weighted by atomic mass is 19.1. The maximum atomic E-state index is 11.8. The molecule has 0 aromatic heterocycles. The third-order valence-corrected chi connectivity index (χ3v) is 2.74. The van der Waals surface area contributed by atoms with Crippen LogP contribution in [0.4, 0.5) is 4.39 Å². The number of rotatable bonds is 3. The van der Waals surface area contributed by atoms with Crippen molar-refractivity contribution in [2.45, 2.75) is 32.2 Å². The molecule has 1 rings (SSSR count). The largest absolute Gasteiger partial charge is 0.353 e. The first kappa shape index (κ1) is 11.4. The maximum Gasteiger partial charge on any atom is 0.223 e. The molecule has 14 heavy (non-hydrogen) atoms. The molecule has 1 amide bonds. The molecule has 3 nitrogen and oxygen atoms in total. The van der Waals surface area contributed by atoms with Crippen LogP contribution in [0.2, 0.25) is 0 Å². The molecule has 3 unspecified atom stereocenters. The van der Waals surface area contributed by atoms with Crippen molar-refractivity contribution in [1.82, 2.24) is 5.32 Å². The van der Waals surface area contributed by atoms with E-state index < -0.39 is 6.67 Å². The highest BCUT2D eigenvalue weighted by molar-refractivity contribution is 5.78. The van der Waals surface area contributed by atoms with Crippen molar-refractivity contribution < 1.29 is 9.18 Å². The van der Waals surface area contributed by atoms with Crippen LogP contribution in [0.1, 0.15) is 26.2 Å². The molecule has 0 radical (unpaired) electrons. The van der Waals surface area contributed by atoms with Gasteiger partial charge in [0.15, 0.2) is 0 Å². The molecule has 0 aromatic rings. The summed E-state index contributed by atoms with van der Waals surface area (Å²) in [5.41, 5.74) is 5.83. The van der Waals surface area contributed by atoms with E-state index in [1.165, 1.54) is 0 Å². The van der Waals surface area contributed by atoms with Crippen LogP contribution in [0.3, 0.4) is 0 Å². The third-order valence-electron chi connectivity index (χ3n) is 2.74. The van der Waals surface area contributed by atoms with E-state index in [1.54, 1.807) is 0 Å². The first-order valence-electron chi connectivity index (χ1n) is 5.22. The van der Waals surface area contributed by atoms with E-state index in [2.05, 4.69) is 12.2 Å². The number of hydrogen-bond donors (Lipinski definition) is 2. The highest BCUT2D eigenvalue weighted by Crippen LogP contribution is 2.27. The Kier molecular flexibility index (Phi) is 4.32. The van der Waals surface area contributed by atoms with Gasteiger partial charge < -0.3 is 11.1 Å². The monoisotopic (exact) mass is 202 g/mol. The molecule has 0 bridgehead atoms. The number of nitrogens with one attached hydrogen (secondary N) is 1. The lowest BCUT2D eigenvalue weighted by molar-refractivity contribution is -0.126. The third kappa shape index (κ3) is 3.25. The Hall–Kier alpha value is -0.640. The first-order chi connectivity index (χ1) is 6.63. The lowest BCUT2D eigenvalue weighted by Crippen LogP contribution is -2.40. The van der Waals surface area contributed by atoms with Crippen LogP contribution in [-0.2, 0) is 4.79 Å². The van der Waals surface area contributed by atoms with Gasteiger partial charge >= 0.3 is 0 Å². The highest BCUT2D eigenvalue weighted by Gasteiger charge is 2.28. The minimum absolute atomic E-state index is 0.0136. The van der Waals surface area contributed by atoms with Crippen LogP contribution in [-0.4, -0.2) is 25.2 Å². The molecule has 0 spiro atoms. The number of nitrogens with two attached hydrogens (primary N) is 1. The topological polar surface area (TPSA) is 55.1 Å². The van der Waals surface area contributed by atoms with Gasteiger partial charge in [0, 0.05) is 18.5 Å². The zero-order chi connectivity index (χ0) is 10.6. The Morgan fingerprint density at radius 1 is 1.50 bits per heavy atom. The Labute approximate surface area is 84.2 Å². The van der Waals surface area contributed by atoms with Gasteiger partial charge in [-0.05, 0) is 25.2 Å². The molecule has 1 fully saturated rings. The van der Waals surface area contributed by atoms with Gasteiger partial charge in [0.05, 0.1) is 0 Å². The van der Waals surface area contributed by atoms with E-state index in [-0.39, 0.29) is 24.4 Å². The van der Waals surface area contributed by atoms with E-state index in [4.69, 9.17) is 5.73 Å². The van der Waals surface area contributed by atoms with Crippen LogP contribution in [0, 0.1) is 11.8 Å². The quantitative estimate of drug-likeness (QED) is 0.712. The van der Waals surface area contributed by atoms with Crippen LogP contribution in [0.25, 0.3) is 0 Å². The molecule has 0 saturated heterocycles. The van der Waals surface area contributed by atoms with Crippen molar-refractivity contribution in [2.24, 2.45) is 17.6 Å². The zero-order valence-corrected chi connectivity index (χ0v) is 8.63. The summed E-state index contributed by atoms with van der Waals surface area (Å²) < 4.78 is 11.8. The van der Waals surface area contributed by atoms with Crippen molar-refractivity contribution in [3.05, 3.63) is 0 Å². The Balaban J connectivity index is 2.38. The minimum Gasteiger partial charge on any atom is -0.353 e. The van der Waals surface area contributed by atoms with Gasteiger partial charge in [0.1, 0.15) is 6.67 Å². The molecule has 82 valence electrons. The van der Waals surface area contributed by atoms with E-state index in [0.29, 0.717) is 5.92 Å². The predicted octanol–water partition coefficient (Wildman–Crippen LogP) is 0.836. The summed E-state index contributed by atoms with van der Waals surface area (Å²) in [6.07, 6.45) is 2.61. The van der Waals surface area contributed by atoms with Gasteiger partial charge in [-0.15, -0.1) is 0 Å². The van der Waals surface area contributed by atoms with E-state index >= 15 is 0 Å². The van der Waals surface area contributed by atoms with Gasteiger partial charge in [-0.25, -0.2) is 4.39 Å². The van der Waals surface area contributed by atoms with Gasteiger partial charge in [-0.2, -0.15) is 0 Å². The molecule has 1 aliphatic carbocycles. The average Bonchev–Trinajstić information content (AvgIpc) is 2.12. The molecule has 0 aliphatic heterocycles. The average molecular weight is 202 g/mol. The molecular formula is C10H19FN2O. The molecule has 4 heteroatoms. The summed E-state index contributed by atoms with van der Waals surface area (Å²) in [6.45, 7) is 1.73. The van der Waals surface area contributed by atoms with Crippen molar-refractivity contribution in [3.63, 3.8) is 0 Å². The zero-order valence-electron chi connectivity index (χ0n) is 8.63. The van der Waals surface area contributed by atoms with Crippen molar-refractivity contribution in [3.8, 4) is 0 Å². The van der Waals surface area contributed by atoms with E-state index in [1.807, 2.05) is 0 Å². The van der Waals surface area contributed by atoms with E-state index in [9.17, 15) is 9.18 Å². The normalized spacial score (nSPS) is 32.6. The van der Waals surface area contributed by atoms with Crippen LogP contribution >= 0.6 is 0 Å². The lowest BCUT2D eigenvalue weighted by Gasteiger charge is -2.30. The fourth-order valence-electron chi connectivity index (χ4n) is 2.19. The summed E-state index contributed by atoms with van der Waals surface area (Å²) in [7, 11) is 0. The smallest absolute Gasteiger partial charge is 0.223 e. The first-order valence-corrected chi connectivity index (χ1v) is 5.22. The molecule has 0 aromatic carbocycles. The Morgan fingerprint density at radius 3 is 2.79 bits per heavy atom. The number of hydrogen-bond acceptors (Lipinski definition) is 2. The minimum atomic E-state index is -0.500. The number of carbonyl (C=O) groups is 1. The predicted molar refractivity (Wildman–Crippen MR) is 53.5 cm³/mol. The second-order valence-electron chi connectivity index (χ2n) is 4.25. The van der Waals surface area contributed by atoms with Crippen molar-refractivity contribution in [2.75, 3.05) is 13.2 Å². The summed E-state index contributed by atoms with van der Waals surface area (Å²) in [6, 6.07) is 0.125. The molecule has 3 atom stereocenters.